The van der Waals surface area contributed by atoms with Crippen LogP contribution < -0.4 is 0 Å². The first-order valence-corrected chi connectivity index (χ1v) is 10.1. The molecule has 2 atom stereocenters. The van der Waals surface area contributed by atoms with E-state index in [1.54, 1.807) is 0 Å². The Morgan fingerprint density at radius 1 is 0.926 bits per heavy atom. The van der Waals surface area contributed by atoms with Gasteiger partial charge in [0.05, 0.1) is 11.1 Å². The van der Waals surface area contributed by atoms with E-state index < -0.39 is 5.60 Å². The Morgan fingerprint density at radius 3 is 2.44 bits per heavy atom. The van der Waals surface area contributed by atoms with Crippen LogP contribution >= 0.6 is 0 Å². The number of hydrogen-bond donors (Lipinski definition) is 1. The van der Waals surface area contributed by atoms with Gasteiger partial charge in [-0.2, -0.15) is 0 Å². The molecule has 5 rings (SSSR count). The number of fused-ring (bicyclic) bond motifs is 3. The van der Waals surface area contributed by atoms with Crippen molar-refractivity contribution in [3.05, 3.63) is 78.0 Å². The lowest BCUT2D eigenvalue weighted by atomic mass is 9.72. The third-order valence-corrected chi connectivity index (χ3v) is 6.50. The van der Waals surface area contributed by atoms with E-state index in [0.717, 1.165) is 35.9 Å². The largest absolute Gasteiger partial charge is 0.385 e. The average molecular weight is 358 g/mol. The van der Waals surface area contributed by atoms with E-state index in [9.17, 15) is 5.11 Å². The van der Waals surface area contributed by atoms with Gasteiger partial charge in [0.1, 0.15) is 0 Å². The van der Waals surface area contributed by atoms with Crippen molar-refractivity contribution in [1.82, 2.24) is 9.88 Å². The fraction of sp³-hybridized carbons (Fsp3) is 0.375. The van der Waals surface area contributed by atoms with Crippen LogP contribution in [0.25, 0.3) is 10.9 Å². The molecule has 138 valence electrons. The molecule has 2 aliphatic heterocycles. The molecule has 2 aliphatic rings. The highest BCUT2D eigenvalue weighted by atomic mass is 16.3. The van der Waals surface area contributed by atoms with Gasteiger partial charge in [-0.05, 0) is 37.3 Å². The number of aromatic nitrogens is 1. The maximum Gasteiger partial charge on any atom is 0.0947 e. The lowest BCUT2D eigenvalue weighted by Gasteiger charge is -2.52. The predicted octanol–water partition coefficient (Wildman–Crippen LogP) is 4.64. The zero-order chi connectivity index (χ0) is 18.3. The van der Waals surface area contributed by atoms with E-state index >= 15 is 0 Å². The Hall–Kier alpha value is -2.23. The number of benzene rings is 2. The molecule has 0 spiro atoms. The number of aliphatic hydroxyl groups is 1. The smallest absolute Gasteiger partial charge is 0.0947 e. The van der Waals surface area contributed by atoms with E-state index in [1.165, 1.54) is 24.8 Å². The van der Waals surface area contributed by atoms with Crippen LogP contribution in [0.3, 0.4) is 0 Å². The highest BCUT2D eigenvalue weighted by molar-refractivity contribution is 5.82. The van der Waals surface area contributed by atoms with Gasteiger partial charge in [-0.15, -0.1) is 0 Å². The zero-order valence-corrected chi connectivity index (χ0v) is 15.6. The van der Waals surface area contributed by atoms with E-state index in [2.05, 4.69) is 64.5 Å². The maximum absolute atomic E-state index is 11.8. The highest BCUT2D eigenvalue weighted by Crippen LogP contribution is 2.46. The van der Waals surface area contributed by atoms with Gasteiger partial charge in [0.25, 0.3) is 0 Å². The Morgan fingerprint density at radius 2 is 1.67 bits per heavy atom. The van der Waals surface area contributed by atoms with E-state index in [-0.39, 0.29) is 0 Å². The van der Waals surface area contributed by atoms with Crippen LogP contribution in [0.2, 0.25) is 0 Å². The Labute approximate surface area is 160 Å². The molecule has 2 aromatic carbocycles. The third kappa shape index (κ3) is 3.05. The third-order valence-electron chi connectivity index (χ3n) is 6.50. The lowest BCUT2D eigenvalue weighted by molar-refractivity contribution is -0.0992. The molecule has 27 heavy (non-hydrogen) atoms. The first-order valence-electron chi connectivity index (χ1n) is 10.1. The second-order valence-corrected chi connectivity index (χ2v) is 8.22. The summed E-state index contributed by atoms with van der Waals surface area (Å²) in [6.07, 6.45) is 7.04. The molecule has 3 nitrogen and oxygen atoms in total. The number of hydrogen-bond acceptors (Lipinski definition) is 3. The highest BCUT2D eigenvalue weighted by Gasteiger charge is 2.46. The van der Waals surface area contributed by atoms with Crippen LogP contribution in [0.15, 0.2) is 66.9 Å². The van der Waals surface area contributed by atoms with Crippen molar-refractivity contribution < 1.29 is 5.11 Å². The molecule has 0 saturated carbocycles. The molecule has 0 radical (unpaired) electrons. The molecule has 2 saturated heterocycles. The van der Waals surface area contributed by atoms with Crippen LogP contribution in [-0.2, 0) is 12.1 Å². The number of para-hydroxylation sites is 1. The number of pyridine rings is 1. The van der Waals surface area contributed by atoms with Gasteiger partial charge in [-0.3, -0.25) is 9.88 Å². The summed E-state index contributed by atoms with van der Waals surface area (Å²) in [6.45, 7) is 0.986. The van der Waals surface area contributed by atoms with Crippen molar-refractivity contribution in [2.24, 2.45) is 0 Å². The standard InChI is InChI=1S/C24H26N2O/c27-24(22-13-4-9-19-10-6-14-25-23(19)22)15-20-11-5-12-21(16-24)26(20)17-18-7-2-1-3-8-18/h1-4,6-10,13-14,20-21,27H,5,11-12,15-17H2. The predicted molar refractivity (Wildman–Crippen MR) is 108 cm³/mol. The van der Waals surface area contributed by atoms with Crippen LogP contribution in [0.5, 0.6) is 0 Å². The van der Waals surface area contributed by atoms with E-state index in [4.69, 9.17) is 0 Å². The lowest BCUT2D eigenvalue weighted by Crippen LogP contribution is -2.56. The van der Waals surface area contributed by atoms with Gasteiger partial charge < -0.3 is 5.11 Å². The van der Waals surface area contributed by atoms with Crippen LogP contribution in [0, 0.1) is 0 Å². The van der Waals surface area contributed by atoms with Crippen molar-refractivity contribution in [2.75, 3.05) is 0 Å². The van der Waals surface area contributed by atoms with Crippen LogP contribution in [0.4, 0.5) is 0 Å². The van der Waals surface area contributed by atoms with Crippen molar-refractivity contribution in [3.63, 3.8) is 0 Å². The minimum absolute atomic E-state index is 0.432. The van der Waals surface area contributed by atoms with Gasteiger partial charge >= 0.3 is 0 Å². The second kappa shape index (κ2) is 6.74. The molecule has 0 amide bonds. The fourth-order valence-electron chi connectivity index (χ4n) is 5.27. The molecule has 2 fully saturated rings. The summed E-state index contributed by atoms with van der Waals surface area (Å²) in [4.78, 5) is 7.25. The molecule has 2 bridgehead atoms. The van der Waals surface area contributed by atoms with E-state index in [1.807, 2.05) is 12.3 Å². The molecule has 3 heterocycles. The molecule has 3 aromatic rings. The summed E-state index contributed by atoms with van der Waals surface area (Å²) in [5.41, 5.74) is 2.55. The molecule has 2 unspecified atom stereocenters. The summed E-state index contributed by atoms with van der Waals surface area (Å²) in [7, 11) is 0. The molecule has 1 N–H and O–H groups in total. The molecule has 1 aromatic heterocycles. The molecular formula is C24H26N2O. The number of rotatable bonds is 3. The average Bonchev–Trinajstić information content (AvgIpc) is 2.69. The van der Waals surface area contributed by atoms with Gasteiger partial charge in [-0.1, -0.05) is 61.0 Å². The van der Waals surface area contributed by atoms with Gasteiger partial charge in [-0.25, -0.2) is 0 Å². The summed E-state index contributed by atoms with van der Waals surface area (Å²) >= 11 is 0. The minimum atomic E-state index is -0.781. The van der Waals surface area contributed by atoms with Gasteiger partial charge in [0.2, 0.25) is 0 Å². The Balaban J connectivity index is 1.48. The first kappa shape index (κ1) is 16.9. The fourth-order valence-corrected chi connectivity index (χ4v) is 5.27. The first-order chi connectivity index (χ1) is 13.2. The summed E-state index contributed by atoms with van der Waals surface area (Å²) in [6, 6.07) is 21.9. The van der Waals surface area contributed by atoms with Crippen molar-refractivity contribution in [3.8, 4) is 0 Å². The van der Waals surface area contributed by atoms with Gasteiger partial charge in [0.15, 0.2) is 0 Å². The van der Waals surface area contributed by atoms with Gasteiger partial charge in [0, 0.05) is 35.8 Å². The van der Waals surface area contributed by atoms with E-state index in [0.29, 0.717) is 12.1 Å². The van der Waals surface area contributed by atoms with Crippen molar-refractivity contribution >= 4 is 10.9 Å². The van der Waals surface area contributed by atoms with Crippen LogP contribution in [0.1, 0.15) is 43.2 Å². The number of piperidine rings is 2. The SMILES string of the molecule is OC1(c2cccc3cccnc23)CC2CCCC(C1)N2Cc1ccccc1. The minimum Gasteiger partial charge on any atom is -0.385 e. The topological polar surface area (TPSA) is 36.4 Å². The summed E-state index contributed by atoms with van der Waals surface area (Å²) in [5.74, 6) is 0. The summed E-state index contributed by atoms with van der Waals surface area (Å²) in [5, 5.41) is 12.9. The molecular weight excluding hydrogens is 332 g/mol. The Bertz CT molecular complexity index is 920. The normalized spacial score (nSPS) is 28.3. The summed E-state index contributed by atoms with van der Waals surface area (Å²) < 4.78 is 0. The zero-order valence-electron chi connectivity index (χ0n) is 15.6. The monoisotopic (exact) mass is 358 g/mol. The molecule has 3 heteroatoms. The second-order valence-electron chi connectivity index (χ2n) is 8.22. The number of nitrogens with zero attached hydrogens (tertiary/aromatic N) is 2. The van der Waals surface area contributed by atoms with Crippen molar-refractivity contribution in [2.45, 2.75) is 56.3 Å². The van der Waals surface area contributed by atoms with Crippen molar-refractivity contribution in [1.29, 1.82) is 0 Å². The Kier molecular flexibility index (Phi) is 4.22. The van der Waals surface area contributed by atoms with Crippen LogP contribution in [-0.4, -0.2) is 27.1 Å². The molecule has 0 aliphatic carbocycles. The quantitative estimate of drug-likeness (QED) is 0.741. The maximum atomic E-state index is 11.8.